The van der Waals surface area contributed by atoms with Crippen LogP contribution in [0.5, 0.6) is 5.75 Å². The van der Waals surface area contributed by atoms with Crippen LogP contribution in [0, 0.1) is 41.0 Å². The van der Waals surface area contributed by atoms with Gasteiger partial charge in [0.05, 0.1) is 17.0 Å². The van der Waals surface area contributed by atoms with Gasteiger partial charge in [-0.25, -0.2) is 0 Å². The molecule has 0 radical (unpaired) electrons. The van der Waals surface area contributed by atoms with E-state index in [1.165, 1.54) is 46.5 Å². The highest BCUT2D eigenvalue weighted by atomic mass is 16.6. The highest BCUT2D eigenvalue weighted by Gasteiger charge is 2.15. The number of ether oxygens (including phenoxy) is 1. The summed E-state index contributed by atoms with van der Waals surface area (Å²) in [5, 5.41) is 24.5. The van der Waals surface area contributed by atoms with Crippen LogP contribution in [0.4, 0.5) is 11.4 Å². The number of aryl methyl sites for hydroxylation is 3. The number of nitro benzene ring substituents is 2. The third kappa shape index (κ3) is 6.06. The average Bonchev–Trinajstić information content (AvgIpc) is 3.00. The van der Waals surface area contributed by atoms with E-state index in [2.05, 4.69) is 57.2 Å². The third-order valence-electron chi connectivity index (χ3n) is 7.50. The van der Waals surface area contributed by atoms with Crippen LogP contribution in [0.2, 0.25) is 0 Å². The summed E-state index contributed by atoms with van der Waals surface area (Å²) in [5.41, 5.74) is 9.18. The van der Waals surface area contributed by atoms with Gasteiger partial charge in [-0.05, 0) is 112 Å². The zero-order valence-corrected chi connectivity index (χ0v) is 24.3. The van der Waals surface area contributed by atoms with Crippen LogP contribution in [0.3, 0.4) is 0 Å². The van der Waals surface area contributed by atoms with Crippen LogP contribution in [0.1, 0.15) is 38.9 Å². The van der Waals surface area contributed by atoms with Crippen LogP contribution >= 0.6 is 0 Å². The van der Waals surface area contributed by atoms with Crippen molar-refractivity contribution in [2.45, 2.75) is 20.8 Å². The lowest BCUT2D eigenvalue weighted by atomic mass is 9.88. The van der Waals surface area contributed by atoms with Crippen molar-refractivity contribution >= 4 is 22.5 Å². The van der Waals surface area contributed by atoms with Crippen molar-refractivity contribution in [3.05, 3.63) is 179 Å². The number of benzene rings is 5. The van der Waals surface area contributed by atoms with Gasteiger partial charge in [0, 0.05) is 24.3 Å². The molecule has 0 saturated heterocycles. The van der Waals surface area contributed by atoms with Crippen LogP contribution < -0.4 is 15.2 Å². The van der Waals surface area contributed by atoms with Gasteiger partial charge in [-0.2, -0.15) is 0 Å². The van der Waals surface area contributed by atoms with Crippen molar-refractivity contribution in [2.75, 3.05) is 7.11 Å². The lowest BCUT2D eigenvalue weighted by Crippen LogP contribution is -2.16. The molecule has 0 aliphatic heterocycles. The Kier molecular flexibility index (Phi) is 8.16. The fraction of sp³-hybridized carbons (Fsp3) is 0.111. The summed E-state index contributed by atoms with van der Waals surface area (Å²) in [4.78, 5) is 21.7. The first-order valence-electron chi connectivity index (χ1n) is 13.7. The van der Waals surface area contributed by atoms with E-state index in [0.29, 0.717) is 0 Å². The van der Waals surface area contributed by atoms with E-state index in [0.717, 1.165) is 44.0 Å². The molecule has 0 spiro atoms. The van der Waals surface area contributed by atoms with E-state index in [-0.39, 0.29) is 11.4 Å². The van der Waals surface area contributed by atoms with Gasteiger partial charge >= 0.3 is 0 Å². The molecule has 0 amide bonds. The second-order valence-electron chi connectivity index (χ2n) is 10.4. The molecule has 214 valence electrons. The minimum atomic E-state index is -0.435. The Labute approximate surface area is 249 Å². The molecule has 43 heavy (non-hydrogen) atoms. The molecule has 0 saturated carbocycles. The molecule has 7 nitrogen and oxygen atoms in total. The van der Waals surface area contributed by atoms with Crippen molar-refractivity contribution in [1.82, 2.24) is 0 Å². The van der Waals surface area contributed by atoms with Gasteiger partial charge in [0.1, 0.15) is 5.75 Å². The van der Waals surface area contributed by atoms with Crippen molar-refractivity contribution in [3.8, 4) is 5.75 Å². The fourth-order valence-electron chi connectivity index (χ4n) is 5.59. The van der Waals surface area contributed by atoms with Crippen LogP contribution in [0.15, 0.2) is 109 Å². The maximum atomic E-state index is 11.3. The highest BCUT2D eigenvalue weighted by molar-refractivity contribution is 5.84. The molecule has 0 atom stereocenters. The van der Waals surface area contributed by atoms with Gasteiger partial charge in [0.2, 0.25) is 0 Å². The van der Waals surface area contributed by atoms with E-state index in [1.807, 2.05) is 24.3 Å². The Balaban J connectivity index is 1.79. The Hall–Kier alpha value is -5.56. The monoisotopic (exact) mass is 570 g/mol. The van der Waals surface area contributed by atoms with Crippen molar-refractivity contribution in [3.63, 3.8) is 0 Å². The number of hydrogen-bond donors (Lipinski definition) is 0. The van der Waals surface area contributed by atoms with Crippen LogP contribution in [0.25, 0.3) is 11.1 Å². The minimum absolute atomic E-state index is 0.00952. The topological polar surface area (TPSA) is 95.5 Å². The zero-order chi connectivity index (χ0) is 30.7. The first-order chi connectivity index (χ1) is 20.7. The van der Waals surface area contributed by atoms with Gasteiger partial charge in [-0.15, -0.1) is 0 Å². The van der Waals surface area contributed by atoms with E-state index < -0.39 is 9.85 Å². The summed E-state index contributed by atoms with van der Waals surface area (Å²) in [6.07, 6.45) is 0. The normalized spacial score (nSPS) is 10.7. The molecule has 0 aliphatic carbocycles. The van der Waals surface area contributed by atoms with Crippen molar-refractivity contribution in [1.29, 1.82) is 0 Å². The second-order valence-corrected chi connectivity index (χ2v) is 10.4. The van der Waals surface area contributed by atoms with Crippen LogP contribution in [-0.4, -0.2) is 17.0 Å². The average molecular weight is 571 g/mol. The predicted molar refractivity (Wildman–Crippen MR) is 169 cm³/mol. The van der Waals surface area contributed by atoms with Gasteiger partial charge in [0.15, 0.2) is 0 Å². The molecule has 7 heteroatoms. The summed E-state index contributed by atoms with van der Waals surface area (Å²) in [7, 11) is 1.65. The number of methoxy groups -OCH3 is 1. The van der Waals surface area contributed by atoms with Gasteiger partial charge in [-0.3, -0.25) is 20.2 Å². The van der Waals surface area contributed by atoms with E-state index in [9.17, 15) is 20.2 Å². The van der Waals surface area contributed by atoms with E-state index >= 15 is 0 Å². The number of rotatable bonds is 7. The first-order valence-corrected chi connectivity index (χ1v) is 13.7. The van der Waals surface area contributed by atoms with E-state index in [4.69, 9.17) is 4.74 Å². The largest absolute Gasteiger partial charge is 0.497 e. The SMILES string of the molecule is COc1ccc(C(c2c(C)cc(C)cc2C)=c2ccc(=C(c3ccc([N+](=O)[O-])cc3)c3ccc([N+](=O)[O-])cc3)cc2)cc1. The van der Waals surface area contributed by atoms with Crippen LogP contribution in [-0.2, 0) is 0 Å². The Morgan fingerprint density at radius 1 is 0.558 bits per heavy atom. The standard InChI is InChI=1S/C36H30N2O5/c1-23-21-24(2)34(25(3)22-23)36(30-13-19-33(43-4)20-14-30)29-7-5-26(6-8-29)35(27-9-15-31(16-10-27)37(39)40)28-11-17-32(18-12-28)38(41)42/h5-22H,1-4H3. The zero-order valence-electron chi connectivity index (χ0n) is 24.3. The molecule has 5 aromatic carbocycles. The summed E-state index contributed by atoms with van der Waals surface area (Å²) < 4.78 is 5.40. The Morgan fingerprint density at radius 3 is 1.33 bits per heavy atom. The molecule has 0 heterocycles. The quantitative estimate of drug-likeness (QED) is 0.156. The summed E-state index contributed by atoms with van der Waals surface area (Å²) in [6.45, 7) is 6.35. The number of nitro groups is 2. The lowest BCUT2D eigenvalue weighted by Gasteiger charge is -2.17. The summed E-state index contributed by atoms with van der Waals surface area (Å²) in [6, 6.07) is 33.3. The van der Waals surface area contributed by atoms with E-state index in [1.54, 1.807) is 31.4 Å². The molecule has 0 aliphatic rings. The second kappa shape index (κ2) is 12.1. The molecular formula is C36H30N2O5. The fourth-order valence-corrected chi connectivity index (χ4v) is 5.59. The summed E-state index contributed by atoms with van der Waals surface area (Å²) in [5.74, 6) is 0.779. The van der Waals surface area contributed by atoms with Gasteiger partial charge in [0.25, 0.3) is 11.4 Å². The molecule has 0 fully saturated rings. The Bertz CT molecular complexity index is 1860. The molecule has 0 N–H and O–H groups in total. The predicted octanol–water partition coefficient (Wildman–Crippen LogP) is 6.93. The molecule has 0 unspecified atom stereocenters. The number of nitrogens with zero attached hydrogens (tertiary/aromatic N) is 2. The molecule has 0 aromatic heterocycles. The smallest absolute Gasteiger partial charge is 0.269 e. The number of hydrogen-bond acceptors (Lipinski definition) is 5. The Morgan fingerprint density at radius 2 is 0.930 bits per heavy atom. The lowest BCUT2D eigenvalue weighted by molar-refractivity contribution is -0.385. The minimum Gasteiger partial charge on any atom is -0.497 e. The van der Waals surface area contributed by atoms with Crippen molar-refractivity contribution < 1.29 is 14.6 Å². The maximum Gasteiger partial charge on any atom is 0.269 e. The summed E-state index contributed by atoms with van der Waals surface area (Å²) >= 11 is 0. The first kappa shape index (κ1) is 29.0. The highest BCUT2D eigenvalue weighted by Crippen LogP contribution is 2.30. The van der Waals surface area contributed by atoms with Crippen molar-refractivity contribution in [2.24, 2.45) is 0 Å². The van der Waals surface area contributed by atoms with Gasteiger partial charge < -0.3 is 4.74 Å². The third-order valence-corrected chi connectivity index (χ3v) is 7.50. The molecule has 5 rings (SSSR count). The number of non-ortho nitro benzene ring substituents is 2. The molecular weight excluding hydrogens is 540 g/mol. The molecule has 5 aromatic rings. The maximum absolute atomic E-state index is 11.3. The molecule has 0 bridgehead atoms. The van der Waals surface area contributed by atoms with Gasteiger partial charge in [-0.1, -0.05) is 54.1 Å².